The largest absolute Gasteiger partial charge is 0.326 e. The van der Waals surface area contributed by atoms with Crippen LogP contribution < -0.4 is 5.73 Å². The Labute approximate surface area is 87.1 Å². The standard InChI is InChI=1S/C7H11N3O2S2/c1-13-6-5(3-8)4-9-7(10-6)14(2,11)12/h4H,3,8H2,1-2H3. The lowest BCUT2D eigenvalue weighted by atomic mass is 10.3. The molecule has 5 nitrogen and oxygen atoms in total. The summed E-state index contributed by atoms with van der Waals surface area (Å²) in [6.45, 7) is 0.306. The smallest absolute Gasteiger partial charge is 0.247 e. The average molecular weight is 233 g/mol. The maximum absolute atomic E-state index is 11.1. The van der Waals surface area contributed by atoms with E-state index in [4.69, 9.17) is 5.73 Å². The van der Waals surface area contributed by atoms with E-state index in [0.29, 0.717) is 11.6 Å². The first-order valence-corrected chi connectivity index (χ1v) is 6.90. The van der Waals surface area contributed by atoms with E-state index in [9.17, 15) is 8.42 Å². The van der Waals surface area contributed by atoms with Crippen molar-refractivity contribution in [2.75, 3.05) is 12.5 Å². The van der Waals surface area contributed by atoms with Gasteiger partial charge in [-0.25, -0.2) is 18.4 Å². The Morgan fingerprint density at radius 1 is 1.57 bits per heavy atom. The molecule has 0 saturated heterocycles. The predicted octanol–water partition coefficient (Wildman–Crippen LogP) is 0.0607. The van der Waals surface area contributed by atoms with Crippen molar-refractivity contribution in [3.8, 4) is 0 Å². The Bertz CT molecular complexity index is 431. The second-order valence-corrected chi connectivity index (χ2v) is 5.37. The summed E-state index contributed by atoms with van der Waals surface area (Å²) in [7, 11) is -3.34. The minimum absolute atomic E-state index is 0.154. The molecule has 0 aliphatic carbocycles. The molecule has 0 amide bonds. The van der Waals surface area contributed by atoms with Crippen LogP contribution in [0.2, 0.25) is 0 Å². The molecule has 0 atom stereocenters. The molecule has 1 heterocycles. The quantitative estimate of drug-likeness (QED) is 0.451. The fraction of sp³-hybridized carbons (Fsp3) is 0.429. The van der Waals surface area contributed by atoms with Crippen molar-refractivity contribution in [1.29, 1.82) is 0 Å². The van der Waals surface area contributed by atoms with Crippen molar-refractivity contribution in [3.63, 3.8) is 0 Å². The van der Waals surface area contributed by atoms with Crippen LogP contribution in [0, 0.1) is 0 Å². The van der Waals surface area contributed by atoms with Gasteiger partial charge in [-0.2, -0.15) is 0 Å². The van der Waals surface area contributed by atoms with Gasteiger partial charge in [0.2, 0.25) is 15.0 Å². The second kappa shape index (κ2) is 4.24. The summed E-state index contributed by atoms with van der Waals surface area (Å²) in [6, 6.07) is 0. The predicted molar refractivity (Wildman–Crippen MR) is 54.8 cm³/mol. The molecule has 1 rings (SSSR count). The molecule has 0 saturated carbocycles. The van der Waals surface area contributed by atoms with Gasteiger partial charge in [0.05, 0.1) is 0 Å². The third-order valence-electron chi connectivity index (χ3n) is 1.55. The van der Waals surface area contributed by atoms with E-state index in [0.717, 1.165) is 11.8 Å². The second-order valence-electron chi connectivity index (χ2n) is 2.66. The number of aromatic nitrogens is 2. The molecule has 1 aromatic rings. The molecule has 2 N–H and O–H groups in total. The zero-order valence-electron chi connectivity index (χ0n) is 7.89. The van der Waals surface area contributed by atoms with Crippen molar-refractivity contribution in [2.24, 2.45) is 5.73 Å². The van der Waals surface area contributed by atoms with Crippen molar-refractivity contribution in [3.05, 3.63) is 11.8 Å². The normalized spacial score (nSPS) is 11.6. The van der Waals surface area contributed by atoms with Crippen LogP contribution in [0.4, 0.5) is 0 Å². The molecule has 0 unspecified atom stereocenters. The summed E-state index contributed by atoms with van der Waals surface area (Å²) in [6.07, 6.45) is 4.34. The minimum Gasteiger partial charge on any atom is -0.326 e. The van der Waals surface area contributed by atoms with Crippen molar-refractivity contribution >= 4 is 21.6 Å². The molecule has 1 aromatic heterocycles. The molecule has 0 aliphatic heterocycles. The molecule has 7 heteroatoms. The van der Waals surface area contributed by atoms with Gasteiger partial charge in [-0.1, -0.05) is 0 Å². The zero-order valence-corrected chi connectivity index (χ0v) is 9.52. The number of nitrogens with two attached hydrogens (primary N) is 1. The Hall–Kier alpha value is -0.660. The molecule has 78 valence electrons. The van der Waals surface area contributed by atoms with E-state index in [1.807, 2.05) is 6.26 Å². The van der Waals surface area contributed by atoms with Crippen LogP contribution in [0.5, 0.6) is 0 Å². The van der Waals surface area contributed by atoms with Gasteiger partial charge >= 0.3 is 0 Å². The molecule has 0 radical (unpaired) electrons. The minimum atomic E-state index is -3.34. The van der Waals surface area contributed by atoms with Gasteiger partial charge in [0.15, 0.2) is 0 Å². The SMILES string of the molecule is CSc1nc(S(C)(=O)=O)ncc1CN. The maximum Gasteiger partial charge on any atom is 0.247 e. The van der Waals surface area contributed by atoms with Gasteiger partial charge in [0, 0.05) is 24.6 Å². The van der Waals surface area contributed by atoms with Gasteiger partial charge in [-0.3, -0.25) is 0 Å². The molecular formula is C7H11N3O2S2. The summed E-state index contributed by atoms with van der Waals surface area (Å²) in [5, 5.41) is 0.460. The highest BCUT2D eigenvalue weighted by molar-refractivity contribution is 7.98. The van der Waals surface area contributed by atoms with Gasteiger partial charge in [-0.05, 0) is 6.26 Å². The van der Waals surface area contributed by atoms with Crippen molar-refractivity contribution < 1.29 is 8.42 Å². The number of nitrogens with zero attached hydrogens (tertiary/aromatic N) is 2. The Kier molecular flexibility index (Phi) is 3.46. The molecule has 0 bridgehead atoms. The summed E-state index contributed by atoms with van der Waals surface area (Å²) >= 11 is 1.35. The van der Waals surface area contributed by atoms with E-state index >= 15 is 0 Å². The first kappa shape index (κ1) is 11.4. The van der Waals surface area contributed by atoms with Crippen molar-refractivity contribution in [1.82, 2.24) is 9.97 Å². The fourth-order valence-corrected chi connectivity index (χ4v) is 2.01. The van der Waals surface area contributed by atoms with Crippen LogP contribution >= 0.6 is 11.8 Å². The first-order valence-electron chi connectivity index (χ1n) is 3.79. The lowest BCUT2D eigenvalue weighted by Gasteiger charge is -2.04. The highest BCUT2D eigenvalue weighted by Crippen LogP contribution is 2.17. The topological polar surface area (TPSA) is 85.9 Å². The lowest BCUT2D eigenvalue weighted by molar-refractivity contribution is 0.590. The lowest BCUT2D eigenvalue weighted by Crippen LogP contribution is -2.08. The zero-order chi connectivity index (χ0) is 10.8. The van der Waals surface area contributed by atoms with Crippen LogP contribution in [-0.2, 0) is 16.4 Å². The van der Waals surface area contributed by atoms with E-state index in [1.165, 1.54) is 18.0 Å². The Balaban J connectivity index is 3.28. The van der Waals surface area contributed by atoms with E-state index in [2.05, 4.69) is 9.97 Å². The van der Waals surface area contributed by atoms with Crippen LogP contribution in [0.15, 0.2) is 16.4 Å². The first-order chi connectivity index (χ1) is 6.49. The molecule has 0 aromatic carbocycles. The maximum atomic E-state index is 11.1. The Morgan fingerprint density at radius 2 is 2.21 bits per heavy atom. The molecule has 0 fully saturated rings. The number of sulfone groups is 1. The number of rotatable bonds is 3. The number of thioether (sulfide) groups is 1. The average Bonchev–Trinajstić information content (AvgIpc) is 2.15. The van der Waals surface area contributed by atoms with E-state index < -0.39 is 9.84 Å². The van der Waals surface area contributed by atoms with Crippen molar-refractivity contribution in [2.45, 2.75) is 16.7 Å². The van der Waals surface area contributed by atoms with E-state index in [-0.39, 0.29) is 5.16 Å². The fourth-order valence-electron chi connectivity index (χ4n) is 0.871. The Morgan fingerprint density at radius 3 is 2.64 bits per heavy atom. The number of hydrogen-bond donors (Lipinski definition) is 1. The highest BCUT2D eigenvalue weighted by atomic mass is 32.2. The monoisotopic (exact) mass is 233 g/mol. The van der Waals surface area contributed by atoms with E-state index in [1.54, 1.807) is 0 Å². The molecule has 0 aliphatic rings. The van der Waals surface area contributed by atoms with Crippen LogP contribution in [0.3, 0.4) is 0 Å². The number of hydrogen-bond acceptors (Lipinski definition) is 6. The summed E-state index contributed by atoms with van der Waals surface area (Å²) < 4.78 is 22.3. The third-order valence-corrected chi connectivity index (χ3v) is 3.15. The summed E-state index contributed by atoms with van der Waals surface area (Å²) in [4.78, 5) is 7.65. The van der Waals surface area contributed by atoms with Gasteiger partial charge < -0.3 is 5.73 Å². The van der Waals surface area contributed by atoms with Crippen LogP contribution in [-0.4, -0.2) is 30.9 Å². The van der Waals surface area contributed by atoms with Gasteiger partial charge in [0.1, 0.15) is 5.03 Å². The van der Waals surface area contributed by atoms with Gasteiger partial charge in [0.25, 0.3) is 0 Å². The highest BCUT2D eigenvalue weighted by Gasteiger charge is 2.13. The summed E-state index contributed by atoms with van der Waals surface area (Å²) in [5.41, 5.74) is 6.20. The molecular weight excluding hydrogens is 222 g/mol. The van der Waals surface area contributed by atoms with Crippen LogP contribution in [0.25, 0.3) is 0 Å². The molecule has 0 spiro atoms. The van der Waals surface area contributed by atoms with Crippen LogP contribution in [0.1, 0.15) is 5.56 Å². The van der Waals surface area contributed by atoms with Gasteiger partial charge in [-0.15, -0.1) is 11.8 Å². The summed E-state index contributed by atoms with van der Waals surface area (Å²) in [5.74, 6) is 0. The third kappa shape index (κ3) is 2.43. The molecule has 14 heavy (non-hydrogen) atoms.